The molecule has 2 saturated carbocycles. The normalized spacial score (nSPS) is 37.6. The van der Waals surface area contributed by atoms with Crippen molar-refractivity contribution in [2.45, 2.75) is 59.8 Å². The van der Waals surface area contributed by atoms with Crippen LogP contribution in [-0.2, 0) is 14.3 Å². The summed E-state index contributed by atoms with van der Waals surface area (Å²) in [6.07, 6.45) is 5.14. The Hall–Kier alpha value is -0.860. The first-order chi connectivity index (χ1) is 8.77. The lowest BCUT2D eigenvalue weighted by atomic mass is 9.48. The highest BCUT2D eigenvalue weighted by Crippen LogP contribution is 2.58. The lowest BCUT2D eigenvalue weighted by Gasteiger charge is -2.56. The number of hydrogen-bond donors (Lipinski definition) is 0. The number of hydrogen-bond acceptors (Lipinski definition) is 3. The van der Waals surface area contributed by atoms with Gasteiger partial charge in [0.25, 0.3) is 0 Å². The summed E-state index contributed by atoms with van der Waals surface area (Å²) in [6.45, 7) is 8.58. The van der Waals surface area contributed by atoms with Crippen LogP contribution in [0.15, 0.2) is 0 Å². The number of carbonyl (C=O) groups is 2. The van der Waals surface area contributed by atoms with E-state index in [1.54, 1.807) is 0 Å². The zero-order valence-electron chi connectivity index (χ0n) is 12.6. The Balaban J connectivity index is 2.24. The van der Waals surface area contributed by atoms with Crippen molar-refractivity contribution in [3.8, 4) is 0 Å². The number of ether oxygens (including phenoxy) is 1. The fourth-order valence-corrected chi connectivity index (χ4v) is 4.62. The largest absolute Gasteiger partial charge is 0.465 e. The molecule has 0 aromatic rings. The topological polar surface area (TPSA) is 43.4 Å². The SMILES string of the molecule is CC(=O)OCC1C(=O)CC[C@@H]2C(C)(C)CCC[C@@]12C. The van der Waals surface area contributed by atoms with Crippen LogP contribution in [0.25, 0.3) is 0 Å². The van der Waals surface area contributed by atoms with Crippen molar-refractivity contribution >= 4 is 11.8 Å². The Bertz CT molecular complexity index is 385. The molecule has 2 rings (SSSR count). The van der Waals surface area contributed by atoms with E-state index in [0.29, 0.717) is 17.8 Å². The summed E-state index contributed by atoms with van der Waals surface area (Å²) in [5.74, 6) is 0.466. The van der Waals surface area contributed by atoms with Crippen LogP contribution < -0.4 is 0 Å². The van der Waals surface area contributed by atoms with E-state index < -0.39 is 0 Å². The van der Waals surface area contributed by atoms with Gasteiger partial charge in [0.1, 0.15) is 12.4 Å². The summed E-state index contributed by atoms with van der Waals surface area (Å²) >= 11 is 0. The molecule has 3 nitrogen and oxygen atoms in total. The number of rotatable bonds is 2. The predicted octanol–water partition coefficient (Wildman–Crippen LogP) is 3.36. The fraction of sp³-hybridized carbons (Fsp3) is 0.875. The molecule has 2 fully saturated rings. The van der Waals surface area contributed by atoms with Crippen molar-refractivity contribution < 1.29 is 14.3 Å². The van der Waals surface area contributed by atoms with Crippen LogP contribution in [-0.4, -0.2) is 18.4 Å². The van der Waals surface area contributed by atoms with E-state index >= 15 is 0 Å². The standard InChI is InChI=1S/C16H26O3/c1-11(17)19-10-12-13(18)6-7-14-15(2,3)8-5-9-16(12,14)4/h12,14H,5-10H2,1-4H3/t12?,14-,16+/m1/s1. The summed E-state index contributed by atoms with van der Waals surface area (Å²) in [5, 5.41) is 0. The first-order valence-corrected chi connectivity index (χ1v) is 7.43. The molecule has 3 heteroatoms. The minimum absolute atomic E-state index is 0.00648. The summed E-state index contributed by atoms with van der Waals surface area (Å²) in [4.78, 5) is 23.3. The summed E-state index contributed by atoms with van der Waals surface area (Å²) in [5.41, 5.74) is 0.300. The van der Waals surface area contributed by atoms with Crippen LogP contribution >= 0.6 is 0 Å². The molecule has 0 N–H and O–H groups in total. The van der Waals surface area contributed by atoms with Gasteiger partial charge in [0.15, 0.2) is 0 Å². The van der Waals surface area contributed by atoms with Crippen molar-refractivity contribution in [2.75, 3.05) is 6.61 Å². The predicted molar refractivity (Wildman–Crippen MR) is 73.6 cm³/mol. The Morgan fingerprint density at radius 1 is 1.32 bits per heavy atom. The van der Waals surface area contributed by atoms with E-state index in [0.717, 1.165) is 12.8 Å². The maximum absolute atomic E-state index is 12.3. The highest BCUT2D eigenvalue weighted by Gasteiger charge is 2.54. The molecule has 2 aliphatic rings. The molecule has 0 aromatic heterocycles. The molecule has 0 saturated heterocycles. The monoisotopic (exact) mass is 266 g/mol. The molecule has 0 spiro atoms. The van der Waals surface area contributed by atoms with Gasteiger partial charge in [-0.1, -0.05) is 27.2 Å². The quantitative estimate of drug-likeness (QED) is 0.720. The zero-order valence-corrected chi connectivity index (χ0v) is 12.6. The van der Waals surface area contributed by atoms with Crippen molar-refractivity contribution in [3.05, 3.63) is 0 Å². The second-order valence-electron chi connectivity index (χ2n) is 7.26. The molecule has 3 atom stereocenters. The van der Waals surface area contributed by atoms with Crippen LogP contribution in [0.1, 0.15) is 59.8 Å². The molecule has 0 heterocycles. The molecular formula is C16H26O3. The van der Waals surface area contributed by atoms with Crippen molar-refractivity contribution in [3.63, 3.8) is 0 Å². The van der Waals surface area contributed by atoms with Crippen molar-refractivity contribution in [1.29, 1.82) is 0 Å². The Morgan fingerprint density at radius 2 is 2.00 bits per heavy atom. The third kappa shape index (κ3) is 2.56. The van der Waals surface area contributed by atoms with Gasteiger partial charge in [0, 0.05) is 13.3 Å². The summed E-state index contributed by atoms with van der Waals surface area (Å²) < 4.78 is 5.17. The van der Waals surface area contributed by atoms with Crippen molar-refractivity contribution in [2.24, 2.45) is 22.7 Å². The molecule has 0 amide bonds. The maximum atomic E-state index is 12.3. The molecule has 108 valence electrons. The molecular weight excluding hydrogens is 240 g/mol. The molecule has 0 radical (unpaired) electrons. The fourth-order valence-electron chi connectivity index (χ4n) is 4.62. The lowest BCUT2D eigenvalue weighted by Crippen LogP contribution is -2.53. The molecule has 1 unspecified atom stereocenters. The minimum atomic E-state index is -0.284. The third-order valence-corrected chi connectivity index (χ3v) is 5.59. The van der Waals surface area contributed by atoms with Gasteiger partial charge >= 0.3 is 5.97 Å². The molecule has 19 heavy (non-hydrogen) atoms. The van der Waals surface area contributed by atoms with E-state index in [1.165, 1.54) is 19.8 Å². The highest BCUT2D eigenvalue weighted by molar-refractivity contribution is 5.83. The average molecular weight is 266 g/mol. The molecule has 0 bridgehead atoms. The van der Waals surface area contributed by atoms with Gasteiger partial charge < -0.3 is 4.74 Å². The smallest absolute Gasteiger partial charge is 0.302 e. The van der Waals surface area contributed by atoms with Crippen LogP contribution in [0.5, 0.6) is 0 Å². The summed E-state index contributed by atoms with van der Waals surface area (Å²) in [6, 6.07) is 0. The van der Waals surface area contributed by atoms with Gasteiger partial charge in [-0.05, 0) is 36.0 Å². The molecule has 2 aliphatic carbocycles. The third-order valence-electron chi connectivity index (χ3n) is 5.59. The van der Waals surface area contributed by atoms with E-state index in [-0.39, 0.29) is 29.7 Å². The lowest BCUT2D eigenvalue weighted by molar-refractivity contribution is -0.156. The number of esters is 1. The number of ketones is 1. The molecule has 0 aliphatic heterocycles. The van der Waals surface area contributed by atoms with Crippen LogP contribution in [0.4, 0.5) is 0 Å². The van der Waals surface area contributed by atoms with Gasteiger partial charge in [-0.2, -0.15) is 0 Å². The van der Waals surface area contributed by atoms with E-state index in [9.17, 15) is 9.59 Å². The van der Waals surface area contributed by atoms with E-state index in [1.807, 2.05) is 0 Å². The number of fused-ring (bicyclic) bond motifs is 1. The van der Waals surface area contributed by atoms with Crippen LogP contribution in [0.2, 0.25) is 0 Å². The van der Waals surface area contributed by atoms with Crippen LogP contribution in [0.3, 0.4) is 0 Å². The average Bonchev–Trinajstić information content (AvgIpc) is 2.26. The van der Waals surface area contributed by atoms with Crippen LogP contribution in [0, 0.1) is 22.7 Å². The second-order valence-corrected chi connectivity index (χ2v) is 7.26. The number of Topliss-reactive ketones (excluding diaryl/α,β-unsaturated/α-hetero) is 1. The minimum Gasteiger partial charge on any atom is -0.465 e. The first-order valence-electron chi connectivity index (χ1n) is 7.43. The van der Waals surface area contributed by atoms with Gasteiger partial charge in [-0.3, -0.25) is 9.59 Å². The second kappa shape index (κ2) is 4.92. The Morgan fingerprint density at radius 3 is 2.63 bits per heavy atom. The number of carbonyl (C=O) groups excluding carboxylic acids is 2. The Labute approximate surface area is 116 Å². The van der Waals surface area contributed by atoms with Gasteiger partial charge in [0.05, 0.1) is 5.92 Å². The first kappa shape index (κ1) is 14.5. The van der Waals surface area contributed by atoms with Gasteiger partial charge in [-0.25, -0.2) is 0 Å². The highest BCUT2D eigenvalue weighted by atomic mass is 16.5. The van der Waals surface area contributed by atoms with E-state index in [4.69, 9.17) is 4.74 Å². The van der Waals surface area contributed by atoms with Gasteiger partial charge in [-0.15, -0.1) is 0 Å². The van der Waals surface area contributed by atoms with E-state index in [2.05, 4.69) is 20.8 Å². The molecule has 0 aromatic carbocycles. The van der Waals surface area contributed by atoms with Gasteiger partial charge in [0.2, 0.25) is 0 Å². The zero-order chi connectivity index (χ0) is 14.3. The summed E-state index contributed by atoms with van der Waals surface area (Å²) in [7, 11) is 0. The maximum Gasteiger partial charge on any atom is 0.302 e. The Kier molecular flexibility index (Phi) is 3.76. The van der Waals surface area contributed by atoms with Crippen molar-refractivity contribution in [1.82, 2.24) is 0 Å².